The average Bonchev–Trinajstić information content (AvgIpc) is 2.49. The minimum atomic E-state index is 0.0474. The van der Waals surface area contributed by atoms with Gasteiger partial charge in [0, 0.05) is 24.9 Å². The van der Waals surface area contributed by atoms with Crippen molar-refractivity contribution in [2.24, 2.45) is 0 Å². The third-order valence-corrected chi connectivity index (χ3v) is 4.24. The Kier molecular flexibility index (Phi) is 5.57. The minimum Gasteiger partial charge on any atom is -0.356 e. The largest absolute Gasteiger partial charge is 0.356 e. The van der Waals surface area contributed by atoms with Crippen LogP contribution in [0.15, 0.2) is 42.5 Å². The van der Waals surface area contributed by atoms with Crippen molar-refractivity contribution >= 4 is 5.91 Å². The predicted molar refractivity (Wildman–Crippen MR) is 87.3 cm³/mol. The molecule has 1 amide bonds. The lowest BCUT2D eigenvalue weighted by Gasteiger charge is -2.33. The van der Waals surface area contributed by atoms with Crippen LogP contribution in [0.25, 0.3) is 0 Å². The first-order valence-corrected chi connectivity index (χ1v) is 7.83. The van der Waals surface area contributed by atoms with Crippen LogP contribution in [0, 0.1) is 0 Å². The molecule has 1 aliphatic rings. The summed E-state index contributed by atoms with van der Waals surface area (Å²) in [4.78, 5) is 10.8. The normalized spacial score (nSPS) is 24.8. The molecule has 1 aromatic rings. The number of hydrogen-bond donors (Lipinski definition) is 2. The smallest absolute Gasteiger partial charge is 0.216 e. The molecule has 3 heteroatoms. The fourth-order valence-electron chi connectivity index (χ4n) is 2.83. The molecule has 0 heterocycles. The molecule has 0 saturated carbocycles. The van der Waals surface area contributed by atoms with Crippen LogP contribution in [0.3, 0.4) is 0 Å². The van der Waals surface area contributed by atoms with Gasteiger partial charge in [0.15, 0.2) is 0 Å². The average molecular weight is 286 g/mol. The molecule has 0 spiro atoms. The summed E-state index contributed by atoms with van der Waals surface area (Å²) >= 11 is 0. The van der Waals surface area contributed by atoms with Gasteiger partial charge in [0.25, 0.3) is 0 Å². The SMILES string of the molecule is CC(=O)NCCCNC1C=CC(C)(c2ccccc2)CC1. The Morgan fingerprint density at radius 2 is 2.05 bits per heavy atom. The van der Waals surface area contributed by atoms with E-state index in [1.165, 1.54) is 5.56 Å². The minimum absolute atomic E-state index is 0.0474. The molecule has 0 fully saturated rings. The first-order valence-electron chi connectivity index (χ1n) is 7.83. The monoisotopic (exact) mass is 286 g/mol. The van der Waals surface area contributed by atoms with Gasteiger partial charge in [-0.25, -0.2) is 0 Å². The first kappa shape index (κ1) is 15.8. The Labute approximate surface area is 127 Å². The number of allylic oxidation sites excluding steroid dienone is 1. The van der Waals surface area contributed by atoms with Crippen LogP contribution in [0.1, 0.15) is 38.7 Å². The van der Waals surface area contributed by atoms with Crippen LogP contribution in [0.2, 0.25) is 0 Å². The molecule has 2 rings (SSSR count). The lowest BCUT2D eigenvalue weighted by atomic mass is 9.74. The molecular formula is C18H26N2O. The molecule has 0 saturated heterocycles. The van der Waals surface area contributed by atoms with Gasteiger partial charge in [-0.15, -0.1) is 0 Å². The van der Waals surface area contributed by atoms with Gasteiger partial charge in [0.05, 0.1) is 0 Å². The highest BCUT2D eigenvalue weighted by atomic mass is 16.1. The maximum atomic E-state index is 10.8. The number of hydrogen-bond acceptors (Lipinski definition) is 2. The zero-order valence-corrected chi connectivity index (χ0v) is 13.1. The van der Waals surface area contributed by atoms with Gasteiger partial charge in [0.1, 0.15) is 0 Å². The number of carbonyl (C=O) groups excluding carboxylic acids is 1. The van der Waals surface area contributed by atoms with Crippen LogP contribution < -0.4 is 10.6 Å². The van der Waals surface area contributed by atoms with Gasteiger partial charge in [-0.2, -0.15) is 0 Å². The molecule has 0 aromatic heterocycles. The Bertz CT molecular complexity index is 483. The van der Waals surface area contributed by atoms with Gasteiger partial charge >= 0.3 is 0 Å². The lowest BCUT2D eigenvalue weighted by Crippen LogP contribution is -2.35. The highest BCUT2D eigenvalue weighted by Gasteiger charge is 2.27. The Morgan fingerprint density at radius 3 is 2.67 bits per heavy atom. The second-order valence-corrected chi connectivity index (χ2v) is 6.08. The Morgan fingerprint density at radius 1 is 1.29 bits per heavy atom. The molecule has 0 radical (unpaired) electrons. The van der Waals surface area contributed by atoms with Crippen molar-refractivity contribution in [3.63, 3.8) is 0 Å². The van der Waals surface area contributed by atoms with Gasteiger partial charge in [-0.1, -0.05) is 49.4 Å². The molecule has 1 aliphatic carbocycles. The number of amides is 1. The van der Waals surface area contributed by atoms with E-state index in [4.69, 9.17) is 0 Å². The summed E-state index contributed by atoms with van der Waals surface area (Å²) in [6.07, 6.45) is 7.94. The summed E-state index contributed by atoms with van der Waals surface area (Å²) in [5.74, 6) is 0.0474. The second-order valence-electron chi connectivity index (χ2n) is 6.08. The first-order chi connectivity index (χ1) is 10.1. The number of rotatable bonds is 6. The van der Waals surface area contributed by atoms with Crippen molar-refractivity contribution in [2.75, 3.05) is 13.1 Å². The standard InChI is InChI=1S/C18H26N2O/c1-15(21)19-13-6-14-20-17-9-11-18(2,12-10-17)16-7-4-3-5-8-16/h3-5,7-9,11,17,20H,6,10,12-14H2,1-2H3,(H,19,21). The van der Waals surface area contributed by atoms with Crippen LogP contribution >= 0.6 is 0 Å². The van der Waals surface area contributed by atoms with Crippen LogP contribution in [-0.2, 0) is 10.2 Å². The van der Waals surface area contributed by atoms with Gasteiger partial charge in [-0.05, 0) is 31.4 Å². The zero-order chi connectivity index (χ0) is 15.1. The van der Waals surface area contributed by atoms with Gasteiger partial charge in [-0.3, -0.25) is 4.79 Å². The topological polar surface area (TPSA) is 41.1 Å². The molecule has 0 aliphatic heterocycles. The summed E-state index contributed by atoms with van der Waals surface area (Å²) in [6, 6.07) is 11.2. The highest BCUT2D eigenvalue weighted by Crippen LogP contribution is 2.34. The van der Waals surface area contributed by atoms with E-state index in [1.54, 1.807) is 6.92 Å². The van der Waals surface area contributed by atoms with Crippen molar-refractivity contribution in [1.82, 2.24) is 10.6 Å². The van der Waals surface area contributed by atoms with Crippen LogP contribution in [0.5, 0.6) is 0 Å². The van der Waals surface area contributed by atoms with E-state index in [1.807, 2.05) is 0 Å². The predicted octanol–water partition coefficient (Wildman–Crippen LogP) is 2.78. The summed E-state index contributed by atoms with van der Waals surface area (Å²) in [6.45, 7) is 5.56. The van der Waals surface area contributed by atoms with E-state index in [2.05, 4.69) is 60.0 Å². The Balaban J connectivity index is 1.78. The molecule has 2 unspecified atom stereocenters. The van der Waals surface area contributed by atoms with Crippen molar-refractivity contribution in [2.45, 2.75) is 44.6 Å². The third kappa shape index (κ3) is 4.71. The molecule has 114 valence electrons. The summed E-state index contributed by atoms with van der Waals surface area (Å²) in [5, 5.41) is 6.37. The fraction of sp³-hybridized carbons (Fsp3) is 0.500. The lowest BCUT2D eigenvalue weighted by molar-refractivity contribution is -0.118. The summed E-state index contributed by atoms with van der Waals surface area (Å²) in [5.41, 5.74) is 1.56. The highest BCUT2D eigenvalue weighted by molar-refractivity contribution is 5.72. The third-order valence-electron chi connectivity index (χ3n) is 4.24. The molecule has 21 heavy (non-hydrogen) atoms. The van der Waals surface area contributed by atoms with E-state index in [9.17, 15) is 4.79 Å². The van der Waals surface area contributed by atoms with Crippen molar-refractivity contribution in [3.05, 3.63) is 48.0 Å². The number of benzene rings is 1. The molecule has 1 aromatic carbocycles. The molecule has 3 nitrogen and oxygen atoms in total. The van der Waals surface area contributed by atoms with Gasteiger partial charge in [0.2, 0.25) is 5.91 Å². The number of nitrogens with one attached hydrogen (secondary N) is 2. The maximum absolute atomic E-state index is 10.8. The van der Waals surface area contributed by atoms with Crippen molar-refractivity contribution in [3.8, 4) is 0 Å². The molecule has 0 bridgehead atoms. The van der Waals surface area contributed by atoms with E-state index >= 15 is 0 Å². The number of carbonyl (C=O) groups is 1. The fourth-order valence-corrected chi connectivity index (χ4v) is 2.83. The maximum Gasteiger partial charge on any atom is 0.216 e. The van der Waals surface area contributed by atoms with E-state index in [-0.39, 0.29) is 11.3 Å². The summed E-state index contributed by atoms with van der Waals surface area (Å²) < 4.78 is 0. The second kappa shape index (κ2) is 7.41. The van der Waals surface area contributed by atoms with Crippen LogP contribution in [-0.4, -0.2) is 25.0 Å². The quantitative estimate of drug-likeness (QED) is 0.623. The zero-order valence-electron chi connectivity index (χ0n) is 13.1. The van der Waals surface area contributed by atoms with E-state index < -0.39 is 0 Å². The van der Waals surface area contributed by atoms with Crippen LogP contribution in [0.4, 0.5) is 0 Å². The molecular weight excluding hydrogens is 260 g/mol. The molecule has 2 atom stereocenters. The van der Waals surface area contributed by atoms with E-state index in [0.717, 1.165) is 32.4 Å². The van der Waals surface area contributed by atoms with E-state index in [0.29, 0.717) is 6.04 Å². The summed E-state index contributed by atoms with van der Waals surface area (Å²) in [7, 11) is 0. The van der Waals surface area contributed by atoms with Gasteiger partial charge < -0.3 is 10.6 Å². The molecule has 2 N–H and O–H groups in total. The van der Waals surface area contributed by atoms with Crippen molar-refractivity contribution < 1.29 is 4.79 Å². The Hall–Kier alpha value is -1.61. The van der Waals surface area contributed by atoms with Crippen molar-refractivity contribution in [1.29, 1.82) is 0 Å².